The van der Waals surface area contributed by atoms with E-state index in [1.165, 1.54) is 30.6 Å². The molecule has 8 heteroatoms. The topological polar surface area (TPSA) is 83.8 Å². The normalized spacial score (nSPS) is 21.5. The summed E-state index contributed by atoms with van der Waals surface area (Å²) in [4.78, 5) is 16.7. The zero-order chi connectivity index (χ0) is 18.9. The molecule has 1 fully saturated rings. The third-order valence-corrected chi connectivity index (χ3v) is 4.77. The van der Waals surface area contributed by atoms with Gasteiger partial charge in [-0.25, -0.2) is 18.7 Å². The summed E-state index contributed by atoms with van der Waals surface area (Å²) >= 11 is 0. The molecule has 1 saturated carbocycles. The fourth-order valence-electron chi connectivity index (χ4n) is 3.34. The first-order valence-electron chi connectivity index (χ1n) is 8.52. The van der Waals surface area contributed by atoms with E-state index in [4.69, 9.17) is 0 Å². The fraction of sp³-hybridized carbons (Fsp3) is 0.263. The maximum absolute atomic E-state index is 14.2. The van der Waals surface area contributed by atoms with E-state index in [0.717, 1.165) is 0 Å². The van der Waals surface area contributed by atoms with Crippen molar-refractivity contribution < 1.29 is 13.9 Å². The van der Waals surface area contributed by atoms with Gasteiger partial charge >= 0.3 is 0 Å². The predicted molar refractivity (Wildman–Crippen MR) is 95.4 cm³/mol. The molecule has 138 valence electrons. The molecule has 6 nitrogen and oxygen atoms in total. The van der Waals surface area contributed by atoms with Crippen LogP contribution in [-0.4, -0.2) is 37.8 Å². The smallest absolute Gasteiger partial charge is 0.222 e. The average Bonchev–Trinajstić information content (AvgIpc) is 2.66. The number of rotatable bonds is 5. The summed E-state index contributed by atoms with van der Waals surface area (Å²) in [6.07, 6.45) is 5.52. The summed E-state index contributed by atoms with van der Waals surface area (Å²) in [5, 5.41) is 12.4. The number of anilines is 1. The molecule has 0 atom stereocenters. The van der Waals surface area contributed by atoms with Gasteiger partial charge in [-0.3, -0.25) is 9.97 Å². The zero-order valence-corrected chi connectivity index (χ0v) is 14.3. The molecular formula is C19H17F2N5O. The molecule has 27 heavy (non-hydrogen) atoms. The molecule has 0 saturated heterocycles. The highest BCUT2D eigenvalue weighted by Gasteiger charge is 2.48. The summed E-state index contributed by atoms with van der Waals surface area (Å²) in [7, 11) is 0. The van der Waals surface area contributed by atoms with Crippen molar-refractivity contribution in [1.29, 1.82) is 0 Å². The lowest BCUT2D eigenvalue weighted by Crippen LogP contribution is -2.49. The largest absolute Gasteiger partial charge is 0.506 e. The summed E-state index contributed by atoms with van der Waals surface area (Å²) < 4.78 is 27.7. The standard InChI is InChI=1S/C19H17F2N5O/c20-13-6-19(7-13,17-15(21)2-1-5-22-17)11-26-18-24-8-12(9-25-18)16-4-3-14(27)10-23-16/h1-5,8-10,13,27H,6-7,11H2,(H,24,25,26)/t13-,19-. The Balaban J connectivity index is 1.49. The Morgan fingerprint density at radius 3 is 2.48 bits per heavy atom. The Kier molecular flexibility index (Phi) is 4.39. The molecule has 1 aliphatic rings. The number of nitrogens with zero attached hydrogens (tertiary/aromatic N) is 4. The second-order valence-electron chi connectivity index (χ2n) is 6.67. The number of pyridine rings is 2. The lowest BCUT2D eigenvalue weighted by molar-refractivity contribution is 0.0963. The van der Waals surface area contributed by atoms with Crippen LogP contribution in [0.1, 0.15) is 18.5 Å². The van der Waals surface area contributed by atoms with Gasteiger partial charge in [0.1, 0.15) is 17.7 Å². The maximum Gasteiger partial charge on any atom is 0.222 e. The van der Waals surface area contributed by atoms with Crippen LogP contribution >= 0.6 is 0 Å². The van der Waals surface area contributed by atoms with E-state index in [9.17, 15) is 13.9 Å². The van der Waals surface area contributed by atoms with Crippen LogP contribution in [0.3, 0.4) is 0 Å². The van der Waals surface area contributed by atoms with E-state index < -0.39 is 17.4 Å². The fourth-order valence-corrected chi connectivity index (χ4v) is 3.34. The lowest BCUT2D eigenvalue weighted by Gasteiger charge is -2.43. The third-order valence-electron chi connectivity index (χ3n) is 4.77. The number of hydrogen-bond donors (Lipinski definition) is 2. The van der Waals surface area contributed by atoms with Crippen LogP contribution in [0.4, 0.5) is 14.7 Å². The number of halogens is 2. The van der Waals surface area contributed by atoms with E-state index in [1.54, 1.807) is 18.5 Å². The van der Waals surface area contributed by atoms with E-state index in [-0.39, 0.29) is 30.8 Å². The van der Waals surface area contributed by atoms with Gasteiger partial charge in [-0.05, 0) is 37.1 Å². The van der Waals surface area contributed by atoms with Crippen molar-refractivity contribution in [3.63, 3.8) is 0 Å². The molecule has 0 unspecified atom stereocenters. The minimum atomic E-state index is -0.961. The van der Waals surface area contributed by atoms with Gasteiger partial charge in [-0.2, -0.15) is 0 Å². The molecule has 3 aromatic rings. The Morgan fingerprint density at radius 2 is 1.85 bits per heavy atom. The molecule has 3 heterocycles. The molecule has 0 radical (unpaired) electrons. The first kappa shape index (κ1) is 17.3. The SMILES string of the molecule is Oc1ccc(-c2cnc(NC[C@]3(c4ncccc4F)C[C@H](F)C3)nc2)nc1. The van der Waals surface area contributed by atoms with E-state index in [2.05, 4.69) is 25.3 Å². The molecule has 2 N–H and O–H groups in total. The maximum atomic E-state index is 14.2. The average molecular weight is 369 g/mol. The van der Waals surface area contributed by atoms with Crippen LogP contribution in [0.25, 0.3) is 11.3 Å². The minimum Gasteiger partial charge on any atom is -0.506 e. The number of alkyl halides is 1. The zero-order valence-electron chi connectivity index (χ0n) is 14.3. The lowest BCUT2D eigenvalue weighted by atomic mass is 9.65. The number of aromatic hydroxyl groups is 1. The second-order valence-corrected chi connectivity index (χ2v) is 6.67. The molecular weight excluding hydrogens is 352 g/mol. The highest BCUT2D eigenvalue weighted by molar-refractivity contribution is 5.57. The van der Waals surface area contributed by atoms with Gasteiger partial charge in [-0.1, -0.05) is 0 Å². The number of aromatic nitrogens is 4. The highest BCUT2D eigenvalue weighted by Crippen LogP contribution is 2.45. The van der Waals surface area contributed by atoms with Gasteiger partial charge in [0.25, 0.3) is 0 Å². The molecule has 1 aliphatic carbocycles. The van der Waals surface area contributed by atoms with Gasteiger partial charge in [0.2, 0.25) is 5.95 Å². The van der Waals surface area contributed by atoms with Crippen molar-refractivity contribution in [2.75, 3.05) is 11.9 Å². The van der Waals surface area contributed by atoms with Crippen molar-refractivity contribution in [3.05, 3.63) is 60.6 Å². The Labute approximate surface area is 154 Å². The number of hydrogen-bond acceptors (Lipinski definition) is 6. The first-order valence-corrected chi connectivity index (χ1v) is 8.52. The van der Waals surface area contributed by atoms with Crippen LogP contribution in [-0.2, 0) is 5.41 Å². The van der Waals surface area contributed by atoms with Gasteiger partial charge in [0.15, 0.2) is 0 Å². The summed E-state index contributed by atoms with van der Waals surface area (Å²) in [5.41, 5.74) is 0.895. The van der Waals surface area contributed by atoms with Crippen LogP contribution in [0.2, 0.25) is 0 Å². The Hall–Kier alpha value is -3.16. The number of nitrogens with one attached hydrogen (secondary N) is 1. The predicted octanol–water partition coefficient (Wildman–Crippen LogP) is 3.26. The molecule has 0 aromatic carbocycles. The van der Waals surface area contributed by atoms with Crippen molar-refractivity contribution in [2.45, 2.75) is 24.4 Å². The van der Waals surface area contributed by atoms with E-state index in [0.29, 0.717) is 17.2 Å². The molecule has 0 aliphatic heterocycles. The molecule has 0 bridgehead atoms. The monoisotopic (exact) mass is 369 g/mol. The highest BCUT2D eigenvalue weighted by atomic mass is 19.1. The van der Waals surface area contributed by atoms with Gasteiger partial charge < -0.3 is 10.4 Å². The summed E-state index contributed by atoms with van der Waals surface area (Å²) in [5.74, 6) is 0.00749. The van der Waals surface area contributed by atoms with Crippen LogP contribution in [0.15, 0.2) is 49.1 Å². The van der Waals surface area contributed by atoms with E-state index >= 15 is 0 Å². The first-order chi connectivity index (χ1) is 13.1. The Bertz CT molecular complexity index is 928. The molecule has 4 rings (SSSR count). The Morgan fingerprint density at radius 1 is 1.07 bits per heavy atom. The van der Waals surface area contributed by atoms with Gasteiger partial charge in [0, 0.05) is 36.1 Å². The van der Waals surface area contributed by atoms with Crippen molar-refractivity contribution in [3.8, 4) is 17.0 Å². The third kappa shape index (κ3) is 3.42. The van der Waals surface area contributed by atoms with Crippen molar-refractivity contribution in [1.82, 2.24) is 19.9 Å². The molecule has 3 aromatic heterocycles. The van der Waals surface area contributed by atoms with Gasteiger partial charge in [-0.15, -0.1) is 0 Å². The van der Waals surface area contributed by atoms with Crippen LogP contribution < -0.4 is 5.32 Å². The van der Waals surface area contributed by atoms with Crippen LogP contribution in [0, 0.1) is 5.82 Å². The van der Waals surface area contributed by atoms with E-state index in [1.807, 2.05) is 0 Å². The minimum absolute atomic E-state index is 0.0803. The summed E-state index contributed by atoms with van der Waals surface area (Å²) in [6, 6.07) is 6.05. The molecule has 0 amide bonds. The van der Waals surface area contributed by atoms with Crippen LogP contribution in [0.5, 0.6) is 5.75 Å². The molecule has 0 spiro atoms. The second kappa shape index (κ2) is 6.86. The quantitative estimate of drug-likeness (QED) is 0.718. The van der Waals surface area contributed by atoms with Crippen molar-refractivity contribution in [2.24, 2.45) is 0 Å². The van der Waals surface area contributed by atoms with Crippen molar-refractivity contribution >= 4 is 5.95 Å². The summed E-state index contributed by atoms with van der Waals surface area (Å²) in [6.45, 7) is 0.290. The van der Waals surface area contributed by atoms with Gasteiger partial charge in [0.05, 0.1) is 17.6 Å².